The van der Waals surface area contributed by atoms with E-state index in [-0.39, 0.29) is 5.91 Å². The number of anilines is 1. The van der Waals surface area contributed by atoms with Gasteiger partial charge in [0.2, 0.25) is 0 Å². The Balaban J connectivity index is 2.21. The van der Waals surface area contributed by atoms with Crippen molar-refractivity contribution in [2.45, 2.75) is 6.92 Å². The highest BCUT2D eigenvalue weighted by atomic mass is 35.5. The number of benzene rings is 2. The summed E-state index contributed by atoms with van der Waals surface area (Å²) >= 11 is 6.03. The number of nitrogens with one attached hydrogen (secondary N) is 1. The topological polar surface area (TPSA) is 29.1 Å². The highest BCUT2D eigenvalue weighted by Gasteiger charge is 2.26. The molecule has 0 atom stereocenters. The van der Waals surface area contributed by atoms with Crippen molar-refractivity contribution in [2.75, 3.05) is 5.32 Å². The molecule has 94 valence electrons. The number of carbonyl (C=O) groups excluding carboxylic acids is 1. The van der Waals surface area contributed by atoms with E-state index >= 15 is 0 Å². The fourth-order valence-corrected chi connectivity index (χ4v) is 2.52. The first kappa shape index (κ1) is 12.0. The molecule has 1 amide bonds. The van der Waals surface area contributed by atoms with E-state index in [1.807, 2.05) is 49.4 Å². The van der Waals surface area contributed by atoms with Crippen LogP contribution in [0.25, 0.3) is 11.1 Å². The van der Waals surface area contributed by atoms with Gasteiger partial charge in [-0.1, -0.05) is 41.9 Å². The molecule has 1 aliphatic rings. The number of hydrogen-bond acceptors (Lipinski definition) is 1. The van der Waals surface area contributed by atoms with E-state index in [4.69, 9.17) is 11.6 Å². The van der Waals surface area contributed by atoms with Crippen LogP contribution < -0.4 is 5.32 Å². The number of fused-ring (bicyclic) bond motifs is 1. The van der Waals surface area contributed by atoms with Crippen LogP contribution in [0.3, 0.4) is 0 Å². The monoisotopic (exact) mass is 269 g/mol. The van der Waals surface area contributed by atoms with Gasteiger partial charge in [0.1, 0.15) is 0 Å². The second-order valence-corrected chi connectivity index (χ2v) is 4.95. The molecule has 0 aromatic heterocycles. The first-order valence-corrected chi connectivity index (χ1v) is 6.42. The van der Waals surface area contributed by atoms with Crippen molar-refractivity contribution in [3.8, 4) is 0 Å². The minimum Gasteiger partial charge on any atom is -0.321 e. The summed E-state index contributed by atoms with van der Waals surface area (Å²) < 4.78 is 0. The van der Waals surface area contributed by atoms with E-state index in [0.29, 0.717) is 10.6 Å². The van der Waals surface area contributed by atoms with Gasteiger partial charge in [-0.3, -0.25) is 4.79 Å². The molecule has 0 radical (unpaired) electrons. The number of rotatable bonds is 1. The Morgan fingerprint density at radius 3 is 2.58 bits per heavy atom. The standard InChI is InChI=1S/C16H12ClNO/c1-10(11-5-3-2-4-6-11)15-13-9-12(17)7-8-14(13)18-16(15)19/h2-9H,1H3,(H,18,19)/b15-10+. The Labute approximate surface area is 116 Å². The van der Waals surface area contributed by atoms with Gasteiger partial charge < -0.3 is 5.32 Å². The first-order valence-electron chi connectivity index (χ1n) is 6.04. The van der Waals surface area contributed by atoms with Crippen LogP contribution in [0.1, 0.15) is 18.1 Å². The zero-order valence-electron chi connectivity index (χ0n) is 10.4. The molecule has 1 heterocycles. The molecule has 1 aliphatic heterocycles. The minimum absolute atomic E-state index is 0.0707. The molecule has 0 unspecified atom stereocenters. The maximum absolute atomic E-state index is 12.1. The van der Waals surface area contributed by atoms with Gasteiger partial charge in [-0.25, -0.2) is 0 Å². The van der Waals surface area contributed by atoms with Gasteiger partial charge in [0.15, 0.2) is 0 Å². The highest BCUT2D eigenvalue weighted by molar-refractivity contribution is 6.38. The van der Waals surface area contributed by atoms with Gasteiger partial charge in [-0.2, -0.15) is 0 Å². The number of halogens is 1. The lowest BCUT2D eigenvalue weighted by molar-refractivity contribution is -0.110. The number of amides is 1. The SMILES string of the molecule is C/C(=C1\C(=O)Nc2ccc(Cl)cc21)c1ccccc1. The third-order valence-electron chi connectivity index (χ3n) is 3.31. The number of allylic oxidation sites excluding steroid dienone is 1. The average Bonchev–Trinajstić information content (AvgIpc) is 2.74. The lowest BCUT2D eigenvalue weighted by Crippen LogP contribution is -2.05. The summed E-state index contributed by atoms with van der Waals surface area (Å²) in [7, 11) is 0. The first-order chi connectivity index (χ1) is 9.16. The smallest absolute Gasteiger partial charge is 0.256 e. The molecular formula is C16H12ClNO. The van der Waals surface area contributed by atoms with Gasteiger partial charge in [0, 0.05) is 16.3 Å². The molecule has 2 aromatic carbocycles. The third kappa shape index (κ3) is 2.04. The maximum atomic E-state index is 12.1. The van der Waals surface area contributed by atoms with Crippen LogP contribution in [0.2, 0.25) is 5.02 Å². The van der Waals surface area contributed by atoms with Crippen LogP contribution in [0.15, 0.2) is 48.5 Å². The highest BCUT2D eigenvalue weighted by Crippen LogP contribution is 2.38. The molecule has 2 nitrogen and oxygen atoms in total. The van der Waals surface area contributed by atoms with Crippen LogP contribution in [-0.2, 0) is 4.79 Å². The predicted octanol–water partition coefficient (Wildman–Crippen LogP) is 4.22. The second-order valence-electron chi connectivity index (χ2n) is 4.51. The Kier molecular flexibility index (Phi) is 2.88. The van der Waals surface area contributed by atoms with Gasteiger partial charge in [0.25, 0.3) is 5.91 Å². The molecule has 3 heteroatoms. The zero-order chi connectivity index (χ0) is 13.4. The van der Waals surface area contributed by atoms with Gasteiger partial charge in [0.05, 0.1) is 5.57 Å². The molecule has 0 saturated carbocycles. The van der Waals surface area contributed by atoms with Crippen LogP contribution in [-0.4, -0.2) is 5.91 Å². The lowest BCUT2D eigenvalue weighted by atomic mass is 9.97. The summed E-state index contributed by atoms with van der Waals surface area (Å²) in [5, 5.41) is 3.50. The van der Waals surface area contributed by atoms with E-state index in [2.05, 4.69) is 5.32 Å². The lowest BCUT2D eigenvalue weighted by Gasteiger charge is -2.06. The average molecular weight is 270 g/mol. The molecule has 3 rings (SSSR count). The molecule has 1 N–H and O–H groups in total. The van der Waals surface area contributed by atoms with Crippen molar-refractivity contribution < 1.29 is 4.79 Å². The van der Waals surface area contributed by atoms with E-state index in [1.54, 1.807) is 6.07 Å². The fourth-order valence-electron chi connectivity index (χ4n) is 2.34. The fraction of sp³-hybridized carbons (Fsp3) is 0.0625. The van der Waals surface area contributed by atoms with Crippen molar-refractivity contribution in [3.63, 3.8) is 0 Å². The molecular weight excluding hydrogens is 258 g/mol. The van der Waals surface area contributed by atoms with Crippen LogP contribution in [0.4, 0.5) is 5.69 Å². The normalized spacial score (nSPS) is 16.0. The molecule has 0 aliphatic carbocycles. The van der Waals surface area contributed by atoms with E-state index in [1.165, 1.54) is 0 Å². The zero-order valence-corrected chi connectivity index (χ0v) is 11.2. The Hall–Kier alpha value is -2.06. The molecule has 0 fully saturated rings. The van der Waals surface area contributed by atoms with Gasteiger partial charge in [-0.05, 0) is 36.3 Å². The summed E-state index contributed by atoms with van der Waals surface area (Å²) in [4.78, 5) is 12.1. The summed E-state index contributed by atoms with van der Waals surface area (Å²) in [6, 6.07) is 15.3. The largest absolute Gasteiger partial charge is 0.321 e. The molecule has 0 saturated heterocycles. The van der Waals surface area contributed by atoms with E-state index < -0.39 is 0 Å². The Morgan fingerprint density at radius 1 is 1.11 bits per heavy atom. The Morgan fingerprint density at radius 2 is 1.84 bits per heavy atom. The molecule has 19 heavy (non-hydrogen) atoms. The van der Waals surface area contributed by atoms with Crippen LogP contribution in [0, 0.1) is 0 Å². The summed E-state index contributed by atoms with van der Waals surface area (Å²) in [5.41, 5.74) is 4.39. The minimum atomic E-state index is -0.0707. The van der Waals surface area contributed by atoms with Crippen molar-refractivity contribution in [1.29, 1.82) is 0 Å². The maximum Gasteiger partial charge on any atom is 0.256 e. The number of hydrogen-bond donors (Lipinski definition) is 1. The third-order valence-corrected chi connectivity index (χ3v) is 3.54. The molecule has 2 aromatic rings. The van der Waals surface area contributed by atoms with E-state index in [9.17, 15) is 4.79 Å². The summed E-state index contributed by atoms with van der Waals surface area (Å²) in [5.74, 6) is -0.0707. The summed E-state index contributed by atoms with van der Waals surface area (Å²) in [6.07, 6.45) is 0. The van der Waals surface area contributed by atoms with Crippen molar-refractivity contribution in [2.24, 2.45) is 0 Å². The predicted molar refractivity (Wildman–Crippen MR) is 79.0 cm³/mol. The van der Waals surface area contributed by atoms with Crippen LogP contribution >= 0.6 is 11.6 Å². The van der Waals surface area contributed by atoms with Crippen LogP contribution in [0.5, 0.6) is 0 Å². The Bertz CT molecular complexity index is 689. The second kappa shape index (κ2) is 4.56. The van der Waals surface area contributed by atoms with E-state index in [0.717, 1.165) is 22.4 Å². The quantitative estimate of drug-likeness (QED) is 0.772. The van der Waals surface area contributed by atoms with Crippen molar-refractivity contribution in [3.05, 3.63) is 64.7 Å². The molecule has 0 spiro atoms. The van der Waals surface area contributed by atoms with Crippen molar-refractivity contribution >= 4 is 34.3 Å². The van der Waals surface area contributed by atoms with Crippen molar-refractivity contribution in [1.82, 2.24) is 0 Å². The molecule has 0 bridgehead atoms. The number of carbonyl (C=O) groups is 1. The summed E-state index contributed by atoms with van der Waals surface area (Å²) in [6.45, 7) is 1.96. The van der Waals surface area contributed by atoms with Gasteiger partial charge in [-0.15, -0.1) is 0 Å². The van der Waals surface area contributed by atoms with Gasteiger partial charge >= 0.3 is 0 Å².